The highest BCUT2D eigenvalue weighted by Crippen LogP contribution is 2.33. The molecule has 27 heavy (non-hydrogen) atoms. The monoisotopic (exact) mass is 404 g/mol. The van der Waals surface area contributed by atoms with Gasteiger partial charge in [-0.15, -0.1) is 0 Å². The molecule has 0 bridgehead atoms. The Kier molecular flexibility index (Phi) is 5.84. The molecular weight excluding hydrogens is 384 g/mol. The van der Waals surface area contributed by atoms with Gasteiger partial charge in [-0.2, -0.15) is 0 Å². The van der Waals surface area contributed by atoms with Crippen molar-refractivity contribution in [2.45, 2.75) is 26.7 Å². The van der Waals surface area contributed by atoms with E-state index in [0.717, 1.165) is 21.6 Å². The van der Waals surface area contributed by atoms with Gasteiger partial charge < -0.3 is 10.1 Å². The average molecular weight is 405 g/mol. The Balaban J connectivity index is 1.71. The Morgan fingerprint density at radius 1 is 1.33 bits per heavy atom. The molecule has 142 valence electrons. The lowest BCUT2D eigenvalue weighted by atomic mass is 10.0. The highest BCUT2D eigenvalue weighted by molar-refractivity contribution is 7.22. The van der Waals surface area contributed by atoms with E-state index < -0.39 is 0 Å². The number of nitrogens with two attached hydrogens (primary N) is 1. The summed E-state index contributed by atoms with van der Waals surface area (Å²) in [4.78, 5) is 16.6. The second-order valence-corrected chi connectivity index (χ2v) is 7.94. The van der Waals surface area contributed by atoms with E-state index in [1.807, 2.05) is 31.2 Å². The first kappa shape index (κ1) is 19.4. The third-order valence-corrected chi connectivity index (χ3v) is 5.23. The highest BCUT2D eigenvalue weighted by atomic mass is 35.5. The van der Waals surface area contributed by atoms with Crippen molar-refractivity contribution in [3.05, 3.63) is 46.5 Å². The summed E-state index contributed by atoms with van der Waals surface area (Å²) in [5.74, 6) is 6.17. The molecule has 0 unspecified atom stereocenters. The van der Waals surface area contributed by atoms with Crippen molar-refractivity contribution in [3.63, 3.8) is 0 Å². The molecule has 6 nitrogen and oxygen atoms in total. The Hall–Kier alpha value is -2.35. The van der Waals surface area contributed by atoms with Crippen molar-refractivity contribution in [3.8, 4) is 5.75 Å². The number of halogens is 1. The molecule has 2 aromatic carbocycles. The van der Waals surface area contributed by atoms with Gasteiger partial charge in [0.2, 0.25) is 0 Å². The highest BCUT2D eigenvalue weighted by Gasteiger charge is 2.13. The molecule has 0 fully saturated rings. The van der Waals surface area contributed by atoms with Crippen molar-refractivity contribution in [1.82, 2.24) is 4.98 Å². The number of nitrogens with zero attached hydrogens (tertiary/aromatic N) is 1. The molecule has 1 heterocycles. The molecule has 3 aromatic rings. The maximum absolute atomic E-state index is 12.3. The number of hydrazine groups is 1. The zero-order chi connectivity index (χ0) is 19.6. The van der Waals surface area contributed by atoms with Gasteiger partial charge >= 0.3 is 0 Å². The second-order valence-electron chi connectivity index (χ2n) is 6.50. The number of nitrogen functional groups attached to an aromatic ring is 1. The van der Waals surface area contributed by atoms with Crippen molar-refractivity contribution >= 4 is 49.9 Å². The molecule has 0 aliphatic heterocycles. The summed E-state index contributed by atoms with van der Waals surface area (Å²) in [6.45, 7) is 6.09. The Morgan fingerprint density at radius 2 is 2.11 bits per heavy atom. The predicted molar refractivity (Wildman–Crippen MR) is 112 cm³/mol. The van der Waals surface area contributed by atoms with Gasteiger partial charge in [0.15, 0.2) is 11.7 Å². The van der Waals surface area contributed by atoms with Crippen LogP contribution in [0.4, 0.5) is 10.8 Å². The summed E-state index contributed by atoms with van der Waals surface area (Å²) in [5, 5.41) is 3.82. The molecule has 0 saturated heterocycles. The number of aryl methyl sites for hydroxylation is 1. The van der Waals surface area contributed by atoms with Crippen LogP contribution in [0.5, 0.6) is 5.75 Å². The smallest absolute Gasteiger partial charge is 0.262 e. The molecular formula is C19H21ClN4O2S. The van der Waals surface area contributed by atoms with Crippen LogP contribution in [0, 0.1) is 6.92 Å². The lowest BCUT2D eigenvalue weighted by Gasteiger charge is -2.15. The molecule has 1 amide bonds. The Labute approximate surface area is 166 Å². The van der Waals surface area contributed by atoms with Crippen molar-refractivity contribution < 1.29 is 9.53 Å². The quantitative estimate of drug-likeness (QED) is 0.410. The third-order valence-electron chi connectivity index (χ3n) is 4.01. The number of fused-ring (bicyclic) bond motifs is 1. The number of thiazole rings is 1. The number of hydrogen-bond acceptors (Lipinski definition) is 6. The van der Waals surface area contributed by atoms with Crippen LogP contribution in [0.15, 0.2) is 30.3 Å². The molecule has 4 N–H and O–H groups in total. The Bertz CT molecular complexity index is 987. The van der Waals surface area contributed by atoms with Crippen LogP contribution in [0.2, 0.25) is 5.02 Å². The molecule has 1 aromatic heterocycles. The molecule has 0 spiro atoms. The zero-order valence-electron chi connectivity index (χ0n) is 15.3. The fourth-order valence-corrected chi connectivity index (χ4v) is 3.87. The maximum atomic E-state index is 12.3. The lowest BCUT2D eigenvalue weighted by Crippen LogP contribution is -2.20. The number of benzene rings is 2. The first-order chi connectivity index (χ1) is 12.9. The molecule has 0 atom stereocenters. The second kappa shape index (κ2) is 8.12. The minimum absolute atomic E-state index is 0.0862. The average Bonchev–Trinajstić information content (AvgIpc) is 3.03. The van der Waals surface area contributed by atoms with Crippen LogP contribution in [-0.2, 0) is 4.79 Å². The van der Waals surface area contributed by atoms with E-state index in [1.54, 1.807) is 6.07 Å². The van der Waals surface area contributed by atoms with Gasteiger partial charge in [0, 0.05) is 5.69 Å². The van der Waals surface area contributed by atoms with E-state index in [-0.39, 0.29) is 12.5 Å². The first-order valence-electron chi connectivity index (χ1n) is 8.47. The molecule has 8 heteroatoms. The number of amides is 1. The number of rotatable bonds is 6. The van der Waals surface area contributed by atoms with Crippen LogP contribution in [0.3, 0.4) is 0 Å². The van der Waals surface area contributed by atoms with Crippen LogP contribution >= 0.6 is 22.9 Å². The fraction of sp³-hybridized carbons (Fsp3) is 0.263. The van der Waals surface area contributed by atoms with Crippen LogP contribution in [0.1, 0.15) is 30.9 Å². The minimum Gasteiger partial charge on any atom is -0.483 e. The summed E-state index contributed by atoms with van der Waals surface area (Å²) < 4.78 is 6.60. The minimum atomic E-state index is -0.261. The SMILES string of the molecule is Cc1ccc(C(C)C)c(OCC(=O)Nc2cc(Cl)c3nc(NN)sc3c2)c1. The summed E-state index contributed by atoms with van der Waals surface area (Å²) in [6, 6.07) is 9.49. The van der Waals surface area contributed by atoms with E-state index in [2.05, 4.69) is 29.6 Å². The summed E-state index contributed by atoms with van der Waals surface area (Å²) in [5.41, 5.74) is 5.89. The first-order valence-corrected chi connectivity index (χ1v) is 9.66. The van der Waals surface area contributed by atoms with E-state index in [4.69, 9.17) is 22.2 Å². The Morgan fingerprint density at radius 3 is 2.81 bits per heavy atom. The van der Waals surface area contributed by atoms with Crippen molar-refractivity contribution in [2.75, 3.05) is 17.3 Å². The lowest BCUT2D eigenvalue weighted by molar-refractivity contribution is -0.118. The summed E-state index contributed by atoms with van der Waals surface area (Å²) in [7, 11) is 0. The number of carbonyl (C=O) groups is 1. The molecule has 0 aliphatic carbocycles. The number of anilines is 2. The van der Waals surface area contributed by atoms with E-state index in [0.29, 0.717) is 27.3 Å². The summed E-state index contributed by atoms with van der Waals surface area (Å²) >= 11 is 7.61. The van der Waals surface area contributed by atoms with Crippen molar-refractivity contribution in [1.29, 1.82) is 0 Å². The topological polar surface area (TPSA) is 89.3 Å². The van der Waals surface area contributed by atoms with E-state index in [1.165, 1.54) is 11.3 Å². The molecule has 0 aliphatic rings. The van der Waals surface area contributed by atoms with Gasteiger partial charge in [-0.3, -0.25) is 10.2 Å². The van der Waals surface area contributed by atoms with Crippen LogP contribution < -0.4 is 21.3 Å². The number of aromatic nitrogens is 1. The van der Waals surface area contributed by atoms with E-state index >= 15 is 0 Å². The van der Waals surface area contributed by atoms with Crippen LogP contribution in [-0.4, -0.2) is 17.5 Å². The number of nitrogens with one attached hydrogen (secondary N) is 2. The van der Waals surface area contributed by atoms with Crippen molar-refractivity contribution in [2.24, 2.45) is 5.84 Å². The molecule has 0 radical (unpaired) electrons. The largest absolute Gasteiger partial charge is 0.483 e. The molecule has 3 rings (SSSR count). The zero-order valence-corrected chi connectivity index (χ0v) is 16.9. The van der Waals surface area contributed by atoms with E-state index in [9.17, 15) is 4.79 Å². The maximum Gasteiger partial charge on any atom is 0.262 e. The van der Waals surface area contributed by atoms with Gasteiger partial charge in [0.1, 0.15) is 11.3 Å². The number of carbonyl (C=O) groups excluding carboxylic acids is 1. The normalized spacial score (nSPS) is 11.0. The summed E-state index contributed by atoms with van der Waals surface area (Å²) in [6.07, 6.45) is 0. The number of ether oxygens (including phenoxy) is 1. The predicted octanol–water partition coefficient (Wildman–Crippen LogP) is 4.68. The standard InChI is InChI=1S/C19H21ClN4O2S/c1-10(2)13-5-4-11(3)6-15(13)26-9-17(25)22-12-7-14(20)18-16(8-12)27-19(23-18)24-21/h4-8,10H,9,21H2,1-3H3,(H,22,25)(H,23,24). The number of hydrogen-bond donors (Lipinski definition) is 3. The van der Waals surface area contributed by atoms with Gasteiger partial charge in [-0.25, -0.2) is 10.8 Å². The van der Waals surface area contributed by atoms with Crippen LogP contribution in [0.25, 0.3) is 10.2 Å². The van der Waals surface area contributed by atoms with Gasteiger partial charge in [0.05, 0.1) is 9.72 Å². The van der Waals surface area contributed by atoms with Gasteiger partial charge in [-0.05, 0) is 42.2 Å². The fourth-order valence-electron chi connectivity index (χ4n) is 2.71. The molecule has 0 saturated carbocycles. The van der Waals surface area contributed by atoms with Gasteiger partial charge in [0.25, 0.3) is 5.91 Å². The third kappa shape index (κ3) is 4.50. The van der Waals surface area contributed by atoms with Gasteiger partial charge in [-0.1, -0.05) is 48.9 Å².